The zero-order chi connectivity index (χ0) is 22.1. The largest absolute Gasteiger partial charge is 0.497 e. The summed E-state index contributed by atoms with van der Waals surface area (Å²) in [5, 5.41) is 5.71. The molecule has 9 heteroatoms. The highest BCUT2D eigenvalue weighted by molar-refractivity contribution is 6.47. The third-order valence-electron chi connectivity index (χ3n) is 5.18. The molecule has 0 bridgehead atoms. The lowest BCUT2D eigenvalue weighted by Crippen LogP contribution is -2.39. The van der Waals surface area contributed by atoms with Gasteiger partial charge in [0.15, 0.2) is 5.71 Å². The van der Waals surface area contributed by atoms with E-state index in [1.807, 2.05) is 0 Å². The first-order valence-electron chi connectivity index (χ1n) is 9.71. The van der Waals surface area contributed by atoms with E-state index in [2.05, 4.69) is 5.10 Å². The molecule has 2 aliphatic heterocycles. The number of ether oxygens (including phenoxy) is 3. The van der Waals surface area contributed by atoms with Gasteiger partial charge in [0, 0.05) is 6.07 Å². The molecule has 0 saturated carbocycles. The monoisotopic (exact) mass is 423 g/mol. The summed E-state index contributed by atoms with van der Waals surface area (Å²) in [6.07, 6.45) is 0. The molecule has 0 aromatic heterocycles. The molecule has 160 valence electrons. The summed E-state index contributed by atoms with van der Waals surface area (Å²) in [6.45, 7) is 1.78. The van der Waals surface area contributed by atoms with E-state index in [-0.39, 0.29) is 12.3 Å². The summed E-state index contributed by atoms with van der Waals surface area (Å²) >= 11 is 0. The molecule has 0 unspecified atom stereocenters. The minimum atomic E-state index is -1.09. The molecular formula is C22H21N3O6. The first-order chi connectivity index (χ1) is 15.0. The van der Waals surface area contributed by atoms with Crippen molar-refractivity contribution >= 4 is 34.9 Å². The lowest BCUT2D eigenvalue weighted by Gasteiger charge is -2.23. The summed E-state index contributed by atoms with van der Waals surface area (Å²) in [6, 6.07) is 12.6. The van der Waals surface area contributed by atoms with E-state index in [1.54, 1.807) is 55.5 Å². The van der Waals surface area contributed by atoms with Crippen LogP contribution in [0.25, 0.3) is 0 Å². The number of hydrogen-bond acceptors (Lipinski definition) is 8. The minimum absolute atomic E-state index is 0.106. The molecule has 2 aromatic carbocycles. The summed E-state index contributed by atoms with van der Waals surface area (Å²) < 4.78 is 15.7. The first kappa shape index (κ1) is 20.4. The second-order valence-electron chi connectivity index (χ2n) is 6.86. The van der Waals surface area contributed by atoms with Crippen molar-refractivity contribution < 1.29 is 28.6 Å². The van der Waals surface area contributed by atoms with Crippen LogP contribution in [-0.2, 0) is 19.1 Å². The number of anilines is 2. The van der Waals surface area contributed by atoms with Crippen molar-refractivity contribution in [3.8, 4) is 11.5 Å². The maximum atomic E-state index is 13.5. The molecule has 9 nitrogen and oxygen atoms in total. The molecule has 2 aliphatic rings. The number of hydrogen-bond donors (Lipinski definition) is 0. The van der Waals surface area contributed by atoms with Gasteiger partial charge in [-0.1, -0.05) is 18.2 Å². The normalized spacial score (nSPS) is 19.9. The summed E-state index contributed by atoms with van der Waals surface area (Å²) in [4.78, 5) is 40.5. The Balaban J connectivity index is 1.82. The van der Waals surface area contributed by atoms with Crippen molar-refractivity contribution in [3.05, 3.63) is 48.5 Å². The fraction of sp³-hybridized carbons (Fsp3) is 0.273. The Labute approximate surface area is 178 Å². The van der Waals surface area contributed by atoms with Crippen LogP contribution in [0.4, 0.5) is 11.4 Å². The second-order valence-corrected chi connectivity index (χ2v) is 6.86. The Morgan fingerprint density at radius 3 is 2.52 bits per heavy atom. The summed E-state index contributed by atoms with van der Waals surface area (Å²) in [5.41, 5.74) is 0.713. The van der Waals surface area contributed by atoms with E-state index in [4.69, 9.17) is 14.2 Å². The van der Waals surface area contributed by atoms with Crippen molar-refractivity contribution in [1.82, 2.24) is 0 Å². The molecule has 1 fully saturated rings. The number of hydrazone groups is 1. The average molecular weight is 423 g/mol. The van der Waals surface area contributed by atoms with Crippen LogP contribution in [0.15, 0.2) is 53.6 Å². The van der Waals surface area contributed by atoms with Crippen LogP contribution in [0.2, 0.25) is 0 Å². The van der Waals surface area contributed by atoms with Crippen LogP contribution >= 0.6 is 0 Å². The Bertz CT molecular complexity index is 1080. The number of para-hydroxylation sites is 2. The third-order valence-corrected chi connectivity index (χ3v) is 5.18. The standard InChI is InChI=1S/C22H21N3O6/c1-4-31-22(28)18-17-19(25(23-18)13-8-7-9-14(12-13)29-2)21(27)24(20(17)26)15-10-5-6-11-16(15)30-3/h5-12,17,19H,4H2,1-3H3/t17-,19-/m0/s1. The van der Waals surface area contributed by atoms with E-state index >= 15 is 0 Å². The van der Waals surface area contributed by atoms with E-state index in [0.29, 0.717) is 22.9 Å². The number of carbonyl (C=O) groups is 3. The van der Waals surface area contributed by atoms with E-state index in [1.165, 1.54) is 19.2 Å². The van der Waals surface area contributed by atoms with E-state index in [0.717, 1.165) is 4.90 Å². The number of rotatable bonds is 6. The van der Waals surface area contributed by atoms with Gasteiger partial charge in [-0.05, 0) is 31.2 Å². The van der Waals surface area contributed by atoms with Gasteiger partial charge < -0.3 is 14.2 Å². The van der Waals surface area contributed by atoms with Gasteiger partial charge in [-0.25, -0.2) is 9.69 Å². The zero-order valence-corrected chi connectivity index (χ0v) is 17.3. The number of methoxy groups -OCH3 is 2. The van der Waals surface area contributed by atoms with Gasteiger partial charge in [0.05, 0.1) is 32.2 Å². The fourth-order valence-electron chi connectivity index (χ4n) is 3.81. The maximum absolute atomic E-state index is 13.5. The predicted octanol–water partition coefficient (Wildman–Crippen LogP) is 2.00. The Kier molecular flexibility index (Phi) is 5.33. The van der Waals surface area contributed by atoms with Crippen molar-refractivity contribution in [1.29, 1.82) is 0 Å². The number of carbonyl (C=O) groups excluding carboxylic acids is 3. The van der Waals surface area contributed by atoms with Gasteiger partial charge in [0.1, 0.15) is 23.5 Å². The van der Waals surface area contributed by atoms with Crippen molar-refractivity contribution in [3.63, 3.8) is 0 Å². The minimum Gasteiger partial charge on any atom is -0.497 e. The van der Waals surface area contributed by atoms with Crippen molar-refractivity contribution in [2.24, 2.45) is 11.0 Å². The lowest BCUT2D eigenvalue weighted by atomic mass is 9.97. The van der Waals surface area contributed by atoms with Gasteiger partial charge in [-0.3, -0.25) is 14.6 Å². The Morgan fingerprint density at radius 1 is 1.03 bits per heavy atom. The van der Waals surface area contributed by atoms with Crippen LogP contribution in [0, 0.1) is 5.92 Å². The third kappa shape index (κ3) is 3.27. The molecule has 2 atom stereocenters. The summed E-state index contributed by atoms with van der Waals surface area (Å²) in [5.74, 6) is -1.98. The maximum Gasteiger partial charge on any atom is 0.355 e. The fourth-order valence-corrected chi connectivity index (χ4v) is 3.81. The molecule has 0 radical (unpaired) electrons. The molecule has 1 saturated heterocycles. The van der Waals surface area contributed by atoms with Crippen LogP contribution < -0.4 is 19.4 Å². The molecule has 2 heterocycles. The number of imide groups is 1. The smallest absolute Gasteiger partial charge is 0.355 e. The van der Waals surface area contributed by atoms with Gasteiger partial charge >= 0.3 is 5.97 Å². The number of fused-ring (bicyclic) bond motifs is 1. The SMILES string of the molecule is CCOC(=O)C1=NN(c2cccc(OC)c2)[C@@H]2C(=O)N(c3ccccc3OC)C(=O)[C@@H]12. The highest BCUT2D eigenvalue weighted by Crippen LogP contribution is 2.41. The quantitative estimate of drug-likeness (QED) is 0.518. The Hall–Kier alpha value is -3.88. The Morgan fingerprint density at radius 2 is 1.81 bits per heavy atom. The average Bonchev–Trinajstić information content (AvgIpc) is 3.31. The van der Waals surface area contributed by atoms with Crippen LogP contribution in [-0.4, -0.2) is 50.4 Å². The molecule has 0 N–H and O–H groups in total. The highest BCUT2D eigenvalue weighted by Gasteiger charge is 2.59. The number of amides is 2. The van der Waals surface area contributed by atoms with Gasteiger partial charge in [0.25, 0.3) is 5.91 Å². The summed E-state index contributed by atoms with van der Waals surface area (Å²) in [7, 11) is 2.98. The molecule has 2 amide bonds. The van der Waals surface area contributed by atoms with Gasteiger partial charge in [-0.15, -0.1) is 0 Å². The van der Waals surface area contributed by atoms with Crippen molar-refractivity contribution in [2.45, 2.75) is 13.0 Å². The lowest BCUT2D eigenvalue weighted by molar-refractivity contribution is -0.136. The van der Waals surface area contributed by atoms with Crippen LogP contribution in [0.5, 0.6) is 11.5 Å². The van der Waals surface area contributed by atoms with Crippen LogP contribution in [0.3, 0.4) is 0 Å². The molecule has 0 aliphatic carbocycles. The molecule has 0 spiro atoms. The predicted molar refractivity (Wildman–Crippen MR) is 112 cm³/mol. The van der Waals surface area contributed by atoms with E-state index < -0.39 is 29.7 Å². The van der Waals surface area contributed by atoms with Gasteiger partial charge in [0.2, 0.25) is 5.91 Å². The number of benzene rings is 2. The van der Waals surface area contributed by atoms with Gasteiger partial charge in [-0.2, -0.15) is 5.10 Å². The molecule has 31 heavy (non-hydrogen) atoms. The van der Waals surface area contributed by atoms with Crippen molar-refractivity contribution in [2.75, 3.05) is 30.7 Å². The number of nitrogens with zero attached hydrogens (tertiary/aromatic N) is 3. The highest BCUT2D eigenvalue weighted by atomic mass is 16.5. The van der Waals surface area contributed by atoms with Crippen LogP contribution in [0.1, 0.15) is 6.92 Å². The molecular weight excluding hydrogens is 402 g/mol. The molecule has 4 rings (SSSR count). The van der Waals surface area contributed by atoms with E-state index in [9.17, 15) is 14.4 Å². The first-order valence-corrected chi connectivity index (χ1v) is 9.71. The topological polar surface area (TPSA) is 97.7 Å². The second kappa shape index (κ2) is 8.10. The zero-order valence-electron chi connectivity index (χ0n) is 17.3. The number of esters is 1. The molecule has 2 aromatic rings.